The molecular weight excluding hydrogens is 184 g/mol. The Kier molecular flexibility index (Phi) is 4.97. The molecule has 0 saturated carbocycles. The standard InChI is InChI=1S/C9H18N2O3/c1-5(2)7(11-9(10)13)8(12)14-6(3)4/h5-7H,1-4H3,(H3,10,11,13). The van der Waals surface area contributed by atoms with Gasteiger partial charge in [0.15, 0.2) is 0 Å². The minimum atomic E-state index is -0.718. The van der Waals surface area contributed by atoms with Crippen molar-refractivity contribution < 1.29 is 14.3 Å². The Morgan fingerprint density at radius 3 is 2.00 bits per heavy atom. The molecule has 0 heterocycles. The fraction of sp³-hybridized carbons (Fsp3) is 0.778. The molecule has 3 N–H and O–H groups in total. The molecule has 0 aliphatic carbocycles. The minimum absolute atomic E-state index is 0.0475. The lowest BCUT2D eigenvalue weighted by atomic mass is 10.1. The fourth-order valence-electron chi connectivity index (χ4n) is 0.957. The lowest BCUT2D eigenvalue weighted by Gasteiger charge is -2.20. The highest BCUT2D eigenvalue weighted by atomic mass is 16.5. The van der Waals surface area contributed by atoms with Gasteiger partial charge in [-0.2, -0.15) is 0 Å². The van der Waals surface area contributed by atoms with Gasteiger partial charge in [0.25, 0.3) is 0 Å². The van der Waals surface area contributed by atoms with E-state index in [0.717, 1.165) is 0 Å². The van der Waals surface area contributed by atoms with Gasteiger partial charge in [-0.25, -0.2) is 9.59 Å². The van der Waals surface area contributed by atoms with Crippen molar-refractivity contribution in [3.63, 3.8) is 0 Å². The van der Waals surface area contributed by atoms with Gasteiger partial charge in [-0.3, -0.25) is 0 Å². The number of nitrogens with two attached hydrogens (primary N) is 1. The van der Waals surface area contributed by atoms with E-state index in [4.69, 9.17) is 10.5 Å². The Balaban J connectivity index is 4.33. The second-order valence-electron chi connectivity index (χ2n) is 3.72. The zero-order chi connectivity index (χ0) is 11.3. The van der Waals surface area contributed by atoms with Crippen molar-refractivity contribution in [3.8, 4) is 0 Å². The summed E-state index contributed by atoms with van der Waals surface area (Å²) in [5, 5.41) is 2.35. The summed E-state index contributed by atoms with van der Waals surface area (Å²) in [4.78, 5) is 22.0. The zero-order valence-corrected chi connectivity index (χ0v) is 9.03. The molecule has 0 aliphatic heterocycles. The van der Waals surface area contributed by atoms with E-state index in [1.54, 1.807) is 13.8 Å². The van der Waals surface area contributed by atoms with Gasteiger partial charge in [-0.1, -0.05) is 13.8 Å². The number of carbonyl (C=O) groups is 2. The molecule has 5 heteroatoms. The molecule has 0 aromatic rings. The Morgan fingerprint density at radius 2 is 1.71 bits per heavy atom. The number of carbonyl (C=O) groups excluding carboxylic acids is 2. The largest absolute Gasteiger partial charge is 0.461 e. The van der Waals surface area contributed by atoms with Crippen LogP contribution in [0.2, 0.25) is 0 Å². The highest BCUT2D eigenvalue weighted by molar-refractivity contribution is 5.83. The lowest BCUT2D eigenvalue weighted by Crippen LogP contribution is -2.48. The van der Waals surface area contributed by atoms with Crippen molar-refractivity contribution in [2.45, 2.75) is 39.8 Å². The topological polar surface area (TPSA) is 81.4 Å². The molecule has 0 fully saturated rings. The smallest absolute Gasteiger partial charge is 0.329 e. The normalized spacial score (nSPS) is 12.7. The van der Waals surface area contributed by atoms with Crippen molar-refractivity contribution in [2.75, 3.05) is 0 Å². The zero-order valence-electron chi connectivity index (χ0n) is 9.03. The average molecular weight is 202 g/mol. The molecule has 0 bridgehead atoms. The van der Waals surface area contributed by atoms with Crippen LogP contribution in [0.3, 0.4) is 0 Å². The summed E-state index contributed by atoms with van der Waals surface area (Å²) < 4.78 is 4.97. The molecule has 0 aromatic carbocycles. The van der Waals surface area contributed by atoms with Crippen molar-refractivity contribution in [1.29, 1.82) is 0 Å². The average Bonchev–Trinajstić information content (AvgIpc) is 1.97. The molecule has 1 unspecified atom stereocenters. The molecule has 2 amide bonds. The maximum absolute atomic E-state index is 11.4. The Morgan fingerprint density at radius 1 is 1.21 bits per heavy atom. The van der Waals surface area contributed by atoms with Gasteiger partial charge in [0.1, 0.15) is 6.04 Å². The first-order valence-corrected chi connectivity index (χ1v) is 4.61. The quantitative estimate of drug-likeness (QED) is 0.656. The van der Waals surface area contributed by atoms with Gasteiger partial charge in [-0.05, 0) is 19.8 Å². The van der Waals surface area contributed by atoms with Gasteiger partial charge in [0.05, 0.1) is 6.10 Å². The third kappa shape index (κ3) is 4.69. The molecule has 1 atom stereocenters. The highest BCUT2D eigenvalue weighted by Crippen LogP contribution is 2.05. The van der Waals surface area contributed by atoms with E-state index in [0.29, 0.717) is 0 Å². The number of amides is 2. The van der Waals surface area contributed by atoms with Crippen LogP contribution in [0, 0.1) is 5.92 Å². The van der Waals surface area contributed by atoms with Gasteiger partial charge in [0.2, 0.25) is 0 Å². The second kappa shape index (κ2) is 5.47. The molecule has 0 aliphatic rings. The number of primary amides is 1. The summed E-state index contributed by atoms with van der Waals surface area (Å²) in [5.41, 5.74) is 4.94. The van der Waals surface area contributed by atoms with E-state index in [1.807, 2.05) is 13.8 Å². The monoisotopic (exact) mass is 202 g/mol. The van der Waals surface area contributed by atoms with Crippen LogP contribution < -0.4 is 11.1 Å². The van der Waals surface area contributed by atoms with Crippen LogP contribution >= 0.6 is 0 Å². The summed E-state index contributed by atoms with van der Waals surface area (Å²) in [6.07, 6.45) is -0.196. The molecule has 0 spiro atoms. The molecular formula is C9H18N2O3. The SMILES string of the molecule is CC(C)OC(=O)C(NC(N)=O)C(C)C. The Hall–Kier alpha value is -1.26. The third-order valence-electron chi connectivity index (χ3n) is 1.57. The minimum Gasteiger partial charge on any atom is -0.461 e. The second-order valence-corrected chi connectivity index (χ2v) is 3.72. The molecule has 0 aromatic heterocycles. The van der Waals surface area contributed by atoms with Crippen molar-refractivity contribution in [1.82, 2.24) is 5.32 Å². The van der Waals surface area contributed by atoms with E-state index in [-0.39, 0.29) is 12.0 Å². The number of esters is 1. The number of ether oxygens (including phenoxy) is 1. The van der Waals surface area contributed by atoms with E-state index < -0.39 is 18.0 Å². The van der Waals surface area contributed by atoms with Crippen molar-refractivity contribution in [3.05, 3.63) is 0 Å². The first-order chi connectivity index (χ1) is 6.34. The van der Waals surface area contributed by atoms with Gasteiger partial charge >= 0.3 is 12.0 Å². The maximum atomic E-state index is 11.4. The summed E-state index contributed by atoms with van der Waals surface area (Å²) in [7, 11) is 0. The van der Waals surface area contributed by atoms with Crippen molar-refractivity contribution >= 4 is 12.0 Å². The van der Waals surface area contributed by atoms with Crippen LogP contribution in [0.15, 0.2) is 0 Å². The highest BCUT2D eigenvalue weighted by Gasteiger charge is 2.25. The Labute approximate surface area is 84.0 Å². The molecule has 0 rings (SSSR count). The Bertz CT molecular complexity index is 214. The first kappa shape index (κ1) is 12.7. The van der Waals surface area contributed by atoms with Crippen LogP contribution in [0.5, 0.6) is 0 Å². The summed E-state index contributed by atoms with van der Waals surface area (Å²) in [6.45, 7) is 7.11. The van der Waals surface area contributed by atoms with Gasteiger partial charge in [0, 0.05) is 0 Å². The number of nitrogens with one attached hydrogen (secondary N) is 1. The molecule has 82 valence electrons. The van der Waals surface area contributed by atoms with E-state index >= 15 is 0 Å². The van der Waals surface area contributed by atoms with Gasteiger partial charge in [-0.15, -0.1) is 0 Å². The van der Waals surface area contributed by atoms with E-state index in [9.17, 15) is 9.59 Å². The molecule has 5 nitrogen and oxygen atoms in total. The van der Waals surface area contributed by atoms with Crippen molar-refractivity contribution in [2.24, 2.45) is 11.7 Å². The van der Waals surface area contributed by atoms with Crippen LogP contribution in [0.25, 0.3) is 0 Å². The maximum Gasteiger partial charge on any atom is 0.329 e. The molecule has 0 radical (unpaired) electrons. The number of hydrogen-bond acceptors (Lipinski definition) is 3. The predicted octanol–water partition coefficient (Wildman–Crippen LogP) is 0.631. The third-order valence-corrected chi connectivity index (χ3v) is 1.57. The summed E-state index contributed by atoms with van der Waals surface area (Å²) >= 11 is 0. The molecule has 0 saturated heterocycles. The van der Waals surface area contributed by atoms with Crippen LogP contribution in [0.1, 0.15) is 27.7 Å². The van der Waals surface area contributed by atoms with Crippen LogP contribution in [-0.4, -0.2) is 24.1 Å². The fourth-order valence-corrected chi connectivity index (χ4v) is 0.957. The molecule has 14 heavy (non-hydrogen) atoms. The predicted molar refractivity (Wildman–Crippen MR) is 52.6 cm³/mol. The number of urea groups is 1. The van der Waals surface area contributed by atoms with Crippen LogP contribution in [0.4, 0.5) is 4.79 Å². The number of hydrogen-bond donors (Lipinski definition) is 2. The van der Waals surface area contributed by atoms with Gasteiger partial charge < -0.3 is 15.8 Å². The van der Waals surface area contributed by atoms with E-state index in [2.05, 4.69) is 5.32 Å². The first-order valence-electron chi connectivity index (χ1n) is 4.61. The lowest BCUT2D eigenvalue weighted by molar-refractivity contribution is -0.150. The van der Waals surface area contributed by atoms with E-state index in [1.165, 1.54) is 0 Å². The summed E-state index contributed by atoms with van der Waals surface area (Å²) in [5.74, 6) is -0.498. The van der Waals surface area contributed by atoms with Crippen LogP contribution in [-0.2, 0) is 9.53 Å². The summed E-state index contributed by atoms with van der Waals surface area (Å²) in [6, 6.07) is -1.39. The number of rotatable bonds is 4.